The number of hydrogen-bond donors (Lipinski definition) is 1. The number of piperazine rings is 1. The largest absolute Gasteiger partial charge is 0.507 e. The Morgan fingerprint density at radius 3 is 1.72 bits per heavy atom. The molecule has 22 heteroatoms. The maximum Gasteiger partial charge on any atom is 0.410 e. The number of nitrogens with zero attached hydrogens (tertiary/aromatic N) is 9. The van der Waals surface area contributed by atoms with Crippen LogP contribution in [0.4, 0.5) is 33.7 Å². The van der Waals surface area contributed by atoms with Gasteiger partial charge in [-0.1, -0.05) is 46.8 Å². The number of anilines is 2. The first-order valence-electron chi connectivity index (χ1n) is 29.6. The molecule has 0 bridgehead atoms. The summed E-state index contributed by atoms with van der Waals surface area (Å²) in [4.78, 5) is 66.4. The molecule has 4 aliphatic heterocycles. The molecule has 0 spiro atoms. The van der Waals surface area contributed by atoms with Crippen molar-refractivity contribution in [3.8, 4) is 56.9 Å². The topological polar surface area (TPSA) is 189 Å². The Morgan fingerprint density at radius 1 is 0.682 bits per heavy atom. The van der Waals surface area contributed by atoms with Crippen LogP contribution in [0.2, 0.25) is 0 Å². The number of phenols is 1. The van der Waals surface area contributed by atoms with E-state index in [0.29, 0.717) is 65.1 Å². The third-order valence-corrected chi connectivity index (χ3v) is 16.5. The predicted molar refractivity (Wildman–Crippen MR) is 327 cm³/mol. The van der Waals surface area contributed by atoms with E-state index >= 15 is 13.2 Å². The highest BCUT2D eigenvalue weighted by molar-refractivity contribution is 5.98. The summed E-state index contributed by atoms with van der Waals surface area (Å²) in [6, 6.07) is 13.4. The number of benzene rings is 2. The average molecular weight is 1210 g/mol. The van der Waals surface area contributed by atoms with E-state index in [4.69, 9.17) is 28.7 Å². The van der Waals surface area contributed by atoms with Gasteiger partial charge in [0.2, 0.25) is 11.5 Å². The van der Waals surface area contributed by atoms with Gasteiger partial charge >= 0.3 is 17.2 Å². The van der Waals surface area contributed by atoms with Gasteiger partial charge in [0.1, 0.15) is 53.3 Å². The van der Waals surface area contributed by atoms with Crippen molar-refractivity contribution >= 4 is 39.5 Å². The lowest BCUT2D eigenvalue weighted by Gasteiger charge is -2.48. The number of methoxy groups -OCH3 is 1. The molecule has 0 radical (unpaired) electrons. The van der Waals surface area contributed by atoms with Crippen LogP contribution in [0.25, 0.3) is 56.0 Å². The number of piperidine rings is 1. The first-order chi connectivity index (χ1) is 41.9. The van der Waals surface area contributed by atoms with Crippen LogP contribution in [0.5, 0.6) is 23.0 Å². The summed E-state index contributed by atoms with van der Waals surface area (Å²) in [5.41, 5.74) is 2.01. The van der Waals surface area contributed by atoms with Gasteiger partial charge in [-0.3, -0.25) is 28.7 Å². The number of hydrogen-bond acceptors (Lipinski definition) is 15. The molecule has 0 aliphatic carbocycles. The van der Waals surface area contributed by atoms with E-state index in [2.05, 4.69) is 26.8 Å². The summed E-state index contributed by atoms with van der Waals surface area (Å²) in [6.07, 6.45) is 4.83. The average Bonchev–Trinajstić information content (AvgIpc) is 0.740. The van der Waals surface area contributed by atoms with E-state index < -0.39 is 51.8 Å². The predicted octanol–water partition coefficient (Wildman–Crippen LogP) is 12.2. The van der Waals surface area contributed by atoms with Gasteiger partial charge in [0.05, 0.1) is 57.3 Å². The van der Waals surface area contributed by atoms with Crippen molar-refractivity contribution in [3.63, 3.8) is 0 Å². The van der Waals surface area contributed by atoms with E-state index in [1.54, 1.807) is 50.2 Å². The van der Waals surface area contributed by atoms with Crippen molar-refractivity contribution < 1.29 is 51.1 Å². The molecule has 1 amide bonds. The number of phenolic OH excluding ortho intramolecular Hbond substituents is 1. The van der Waals surface area contributed by atoms with E-state index in [1.807, 2.05) is 53.4 Å². The van der Waals surface area contributed by atoms with Crippen molar-refractivity contribution in [2.45, 2.75) is 125 Å². The number of aromatic nitrogens is 6. The Labute approximate surface area is 506 Å². The monoisotopic (exact) mass is 1210 g/mol. The van der Waals surface area contributed by atoms with Crippen molar-refractivity contribution in [1.29, 1.82) is 0 Å². The third-order valence-electron chi connectivity index (χ3n) is 16.5. The summed E-state index contributed by atoms with van der Waals surface area (Å²) in [7, 11) is 1.42. The molecule has 12 rings (SSSR count). The molecular weight excluding hydrogens is 1140 g/mol. The summed E-state index contributed by atoms with van der Waals surface area (Å²) in [5, 5.41) is 11.1. The van der Waals surface area contributed by atoms with Crippen molar-refractivity contribution in [1.82, 2.24) is 34.0 Å². The van der Waals surface area contributed by atoms with Gasteiger partial charge < -0.3 is 43.5 Å². The molecule has 462 valence electrons. The second-order valence-electron chi connectivity index (χ2n) is 24.7. The lowest BCUT2D eigenvalue weighted by molar-refractivity contribution is 0.00990. The molecule has 8 aromatic rings. The number of halogens is 4. The Bertz CT molecular complexity index is 4190. The minimum absolute atomic E-state index is 0.0235. The molecule has 0 unspecified atom stereocenters. The fourth-order valence-electron chi connectivity index (χ4n) is 12.4. The molecule has 1 N–H and O–H groups in total. The number of pyridine rings is 6. The number of carbonyl (C=O) groups is 1. The molecule has 18 nitrogen and oxygen atoms in total. The second-order valence-corrected chi connectivity index (χ2v) is 24.7. The van der Waals surface area contributed by atoms with E-state index in [-0.39, 0.29) is 106 Å². The van der Waals surface area contributed by atoms with Gasteiger partial charge in [-0.2, -0.15) is 0 Å². The SMILES string of the molecule is COCOc1cccc(F)c1-c1nc2c(cc1F)c1c(c(=O)n2-c2c(C)ccnc2C(C)C)OC[C@H]2CN(C(=O)OC(C)(C)C)[C@H](C)CN12.Cc1ccnc(C(C)C)c1-n1c(=O)c2c(c3cc(F)c(-c4c(O)cccc4F)nc31)N1C[C@@H](C)CC[C@@H]1CO2. The molecule has 2 fully saturated rings. The van der Waals surface area contributed by atoms with Crippen LogP contribution in [0.15, 0.2) is 82.6 Å². The highest BCUT2D eigenvalue weighted by atomic mass is 19.1. The highest BCUT2D eigenvalue weighted by Gasteiger charge is 2.43. The normalized spacial score (nSPS) is 18.0. The zero-order valence-corrected chi connectivity index (χ0v) is 51.3. The van der Waals surface area contributed by atoms with Crippen molar-refractivity contribution in [2.75, 3.05) is 56.6 Å². The number of carbonyl (C=O) groups excluding carboxylic acids is 1. The van der Waals surface area contributed by atoms with Crippen molar-refractivity contribution in [2.24, 2.45) is 5.92 Å². The zero-order valence-electron chi connectivity index (χ0n) is 51.3. The Morgan fingerprint density at radius 2 is 1.19 bits per heavy atom. The summed E-state index contributed by atoms with van der Waals surface area (Å²) >= 11 is 0. The number of amides is 1. The lowest BCUT2D eigenvalue weighted by Crippen LogP contribution is -2.62. The molecule has 6 aromatic heterocycles. The number of aromatic hydroxyl groups is 1. The number of ether oxygens (including phenoxy) is 5. The van der Waals surface area contributed by atoms with Crippen molar-refractivity contribution in [3.05, 3.63) is 140 Å². The van der Waals surface area contributed by atoms with Gasteiger partial charge in [-0.05, 0) is 132 Å². The summed E-state index contributed by atoms with van der Waals surface area (Å²) in [6.45, 7) is 22.6. The van der Waals surface area contributed by atoms with Gasteiger partial charge in [0.15, 0.2) is 29.7 Å². The first kappa shape index (κ1) is 60.9. The fourth-order valence-corrected chi connectivity index (χ4v) is 12.4. The maximum atomic E-state index is 16.5. The standard InChI is InChI=1S/C36H41F2N5O6.C30H30F2N4O3/c1-19(2)28-30(20(3)12-13-39-28)43-33-23(14-25(38)29(40-33)27-24(37)10-9-11-26(27)48-18-46-8)31-32(34(43)44)47-17-22-16-41(21(4)15-42(22)31)35(45)49-36(5,6)7;1-15(2)24-26(17(4)10-11-33-24)36-29-19(12-21(32)25(34-29)23-20(31)6-5-7-22(23)37)27-28(30(36)38)39-14-18-9-8-16(3)13-35(18)27/h9-14,19,21-22H,15-18H2,1-8H3;5-7,10-12,15-16,18,37H,8-9,13-14H2,1-4H3/t21-,22-;16-,18+/m10/s1. The molecule has 10 heterocycles. The van der Waals surface area contributed by atoms with Crippen LogP contribution >= 0.6 is 0 Å². The van der Waals surface area contributed by atoms with Crippen LogP contribution in [0, 0.1) is 43.0 Å². The number of aryl methyl sites for hydroxylation is 2. The minimum atomic E-state index is -0.832. The smallest absolute Gasteiger partial charge is 0.410 e. The summed E-state index contributed by atoms with van der Waals surface area (Å²) in [5.74, 6) is -3.22. The highest BCUT2D eigenvalue weighted by Crippen LogP contribution is 2.46. The van der Waals surface area contributed by atoms with E-state index in [1.165, 1.54) is 58.7 Å². The molecule has 0 saturated carbocycles. The Kier molecular flexibility index (Phi) is 16.4. The number of rotatable bonds is 9. The van der Waals surface area contributed by atoms with E-state index in [0.717, 1.165) is 30.0 Å². The number of fused-ring (bicyclic) bond motifs is 10. The molecular formula is C66H71F4N9O9. The minimum Gasteiger partial charge on any atom is -0.507 e. The zero-order chi connectivity index (χ0) is 62.9. The second kappa shape index (κ2) is 23.7. The van der Waals surface area contributed by atoms with E-state index in [9.17, 15) is 23.9 Å². The van der Waals surface area contributed by atoms with Crippen LogP contribution in [-0.4, -0.2) is 116 Å². The van der Waals surface area contributed by atoms with Crippen LogP contribution in [0.3, 0.4) is 0 Å². The molecule has 4 atom stereocenters. The fraction of sp³-hybridized carbons (Fsp3) is 0.409. The third kappa shape index (κ3) is 10.9. The van der Waals surface area contributed by atoms with Crippen LogP contribution in [0.1, 0.15) is 110 Å². The van der Waals surface area contributed by atoms with Gasteiger partial charge in [-0.25, -0.2) is 32.3 Å². The molecule has 2 aromatic carbocycles. The quantitative estimate of drug-likeness (QED) is 0.106. The molecule has 2 saturated heterocycles. The first-order valence-corrected chi connectivity index (χ1v) is 29.6. The van der Waals surface area contributed by atoms with Crippen LogP contribution < -0.4 is 35.1 Å². The Hall–Kier alpha value is -8.79. The molecule has 4 aliphatic rings. The van der Waals surface area contributed by atoms with Gasteiger partial charge in [0.25, 0.3) is 0 Å². The van der Waals surface area contributed by atoms with Gasteiger partial charge in [-0.15, -0.1) is 0 Å². The molecule has 88 heavy (non-hydrogen) atoms. The Balaban J connectivity index is 0.000000186. The maximum absolute atomic E-state index is 16.5. The lowest BCUT2D eigenvalue weighted by atomic mass is 9.92. The summed E-state index contributed by atoms with van der Waals surface area (Å²) < 4.78 is 94.2. The van der Waals surface area contributed by atoms with Gasteiger partial charge in [0, 0.05) is 56.0 Å². The van der Waals surface area contributed by atoms with Crippen LogP contribution in [-0.2, 0) is 9.47 Å².